The Balaban J connectivity index is 2.02. The second-order valence-corrected chi connectivity index (χ2v) is 5.69. The van der Waals surface area contributed by atoms with Crippen molar-refractivity contribution in [3.8, 4) is 0 Å². The Morgan fingerprint density at radius 1 is 1.45 bits per heavy atom. The fourth-order valence-electron chi connectivity index (χ4n) is 2.12. The number of aromatic nitrogens is 3. The summed E-state index contributed by atoms with van der Waals surface area (Å²) < 4.78 is 15.7. The summed E-state index contributed by atoms with van der Waals surface area (Å²) in [5.74, 6) is -0.383. The molecule has 5 nitrogen and oxygen atoms in total. The summed E-state index contributed by atoms with van der Waals surface area (Å²) in [7, 11) is 0. The Morgan fingerprint density at radius 3 is 2.86 bits per heavy atom. The van der Waals surface area contributed by atoms with E-state index < -0.39 is 11.7 Å². The third-order valence-electron chi connectivity index (χ3n) is 3.35. The van der Waals surface area contributed by atoms with Gasteiger partial charge in [0, 0.05) is 19.0 Å². The van der Waals surface area contributed by atoms with E-state index in [1.165, 1.54) is 6.07 Å². The molecule has 0 radical (unpaired) electrons. The molecule has 0 atom stereocenters. The van der Waals surface area contributed by atoms with Crippen molar-refractivity contribution >= 4 is 17.5 Å². The molecule has 0 unspecified atom stereocenters. The quantitative estimate of drug-likeness (QED) is 0.920. The number of nitrogens with zero attached hydrogens (tertiary/aromatic N) is 3. The van der Waals surface area contributed by atoms with Crippen LogP contribution in [-0.2, 0) is 6.42 Å². The predicted octanol–water partition coefficient (Wildman–Crippen LogP) is 2.93. The van der Waals surface area contributed by atoms with Gasteiger partial charge in [0.2, 0.25) is 0 Å². The molecule has 1 aromatic heterocycles. The summed E-state index contributed by atoms with van der Waals surface area (Å²) in [6.45, 7) is 6.10. The third-order valence-corrected chi connectivity index (χ3v) is 3.84. The molecule has 1 heterocycles. The van der Waals surface area contributed by atoms with Gasteiger partial charge in [-0.3, -0.25) is 4.79 Å². The van der Waals surface area contributed by atoms with Crippen molar-refractivity contribution in [1.82, 2.24) is 20.1 Å². The van der Waals surface area contributed by atoms with Crippen molar-refractivity contribution in [2.75, 3.05) is 6.54 Å². The second kappa shape index (κ2) is 6.87. The topological polar surface area (TPSA) is 59.8 Å². The highest BCUT2D eigenvalue weighted by Crippen LogP contribution is 2.23. The van der Waals surface area contributed by atoms with Gasteiger partial charge in [0.05, 0.1) is 10.6 Å². The van der Waals surface area contributed by atoms with Gasteiger partial charge in [-0.05, 0) is 32.4 Å². The van der Waals surface area contributed by atoms with E-state index in [0.29, 0.717) is 18.5 Å². The van der Waals surface area contributed by atoms with Crippen molar-refractivity contribution < 1.29 is 9.18 Å². The Hall–Kier alpha value is -1.95. The van der Waals surface area contributed by atoms with Gasteiger partial charge in [-0.25, -0.2) is 4.39 Å². The molecular weight excluding hydrogens is 307 g/mol. The number of rotatable bonds is 5. The molecule has 0 fully saturated rings. The monoisotopic (exact) mass is 324 g/mol. The van der Waals surface area contributed by atoms with E-state index in [-0.39, 0.29) is 16.6 Å². The van der Waals surface area contributed by atoms with Gasteiger partial charge in [-0.2, -0.15) is 0 Å². The minimum absolute atomic E-state index is 0.119. The number of halogens is 2. The normalized spacial score (nSPS) is 11.0. The van der Waals surface area contributed by atoms with E-state index in [1.807, 2.05) is 18.4 Å². The molecule has 0 spiro atoms. The van der Waals surface area contributed by atoms with E-state index in [4.69, 9.17) is 11.6 Å². The van der Waals surface area contributed by atoms with Crippen molar-refractivity contribution in [2.45, 2.75) is 33.2 Å². The van der Waals surface area contributed by atoms with Crippen molar-refractivity contribution in [3.05, 3.63) is 46.3 Å². The van der Waals surface area contributed by atoms with Crippen LogP contribution >= 0.6 is 11.6 Å². The molecule has 0 saturated carbocycles. The zero-order valence-corrected chi connectivity index (χ0v) is 13.5. The summed E-state index contributed by atoms with van der Waals surface area (Å²) in [6, 6.07) is 3.02. The molecule has 1 N–H and O–H groups in total. The van der Waals surface area contributed by atoms with E-state index in [2.05, 4.69) is 15.5 Å². The highest BCUT2D eigenvalue weighted by molar-refractivity contribution is 6.34. The number of nitrogens with one attached hydrogen (secondary N) is 1. The Labute approximate surface area is 133 Å². The number of benzene rings is 1. The van der Waals surface area contributed by atoms with E-state index in [9.17, 15) is 9.18 Å². The van der Waals surface area contributed by atoms with Crippen molar-refractivity contribution in [1.29, 1.82) is 0 Å². The van der Waals surface area contributed by atoms with Crippen LogP contribution < -0.4 is 5.32 Å². The van der Waals surface area contributed by atoms with Crippen LogP contribution in [0.15, 0.2) is 18.5 Å². The van der Waals surface area contributed by atoms with Gasteiger partial charge in [0.25, 0.3) is 5.91 Å². The minimum atomic E-state index is -0.626. The van der Waals surface area contributed by atoms with E-state index in [0.717, 1.165) is 5.82 Å². The first kappa shape index (κ1) is 16.4. The number of aryl methyl sites for hydroxylation is 1. The number of amides is 1. The average molecular weight is 325 g/mol. The highest BCUT2D eigenvalue weighted by Gasteiger charge is 2.17. The van der Waals surface area contributed by atoms with Crippen LogP contribution in [0.2, 0.25) is 5.02 Å². The van der Waals surface area contributed by atoms with Gasteiger partial charge >= 0.3 is 0 Å². The fourth-order valence-corrected chi connectivity index (χ4v) is 2.36. The SMILES string of the molecule is Cc1ccc(F)c(C(=O)NCCc2nncn2C(C)C)c1Cl. The molecule has 0 bridgehead atoms. The molecule has 7 heteroatoms. The minimum Gasteiger partial charge on any atom is -0.351 e. The lowest BCUT2D eigenvalue weighted by Gasteiger charge is -2.11. The first-order valence-electron chi connectivity index (χ1n) is 7.03. The third kappa shape index (κ3) is 3.44. The Morgan fingerprint density at radius 2 is 2.18 bits per heavy atom. The summed E-state index contributed by atoms with van der Waals surface area (Å²) in [5, 5.41) is 10.7. The molecule has 1 amide bonds. The van der Waals surface area contributed by atoms with Crippen LogP contribution in [0.1, 0.15) is 41.6 Å². The second-order valence-electron chi connectivity index (χ2n) is 5.31. The van der Waals surface area contributed by atoms with Crippen molar-refractivity contribution in [3.63, 3.8) is 0 Å². The molecule has 0 aliphatic heterocycles. The maximum Gasteiger partial charge on any atom is 0.255 e. The number of hydrogen-bond donors (Lipinski definition) is 1. The molecule has 1 aromatic carbocycles. The van der Waals surface area contributed by atoms with Gasteiger partial charge in [0.1, 0.15) is 18.0 Å². The lowest BCUT2D eigenvalue weighted by Crippen LogP contribution is -2.28. The molecule has 22 heavy (non-hydrogen) atoms. The Kier molecular flexibility index (Phi) is 5.13. The molecular formula is C15H18ClFN4O. The van der Waals surface area contributed by atoms with Crippen LogP contribution in [0.3, 0.4) is 0 Å². The zero-order chi connectivity index (χ0) is 16.3. The summed E-state index contributed by atoms with van der Waals surface area (Å²) >= 11 is 6.01. The predicted molar refractivity (Wildman–Crippen MR) is 82.6 cm³/mol. The lowest BCUT2D eigenvalue weighted by molar-refractivity contribution is 0.0950. The van der Waals surface area contributed by atoms with Crippen LogP contribution in [0.25, 0.3) is 0 Å². The first-order valence-corrected chi connectivity index (χ1v) is 7.40. The number of carbonyl (C=O) groups excluding carboxylic acids is 1. The van der Waals surface area contributed by atoms with Gasteiger partial charge in [-0.15, -0.1) is 10.2 Å². The fraction of sp³-hybridized carbons (Fsp3) is 0.400. The van der Waals surface area contributed by atoms with Gasteiger partial charge in [-0.1, -0.05) is 17.7 Å². The smallest absolute Gasteiger partial charge is 0.255 e. The van der Waals surface area contributed by atoms with Crippen LogP contribution in [0.5, 0.6) is 0 Å². The van der Waals surface area contributed by atoms with Crippen LogP contribution in [0, 0.1) is 12.7 Å². The van der Waals surface area contributed by atoms with E-state index in [1.54, 1.807) is 19.3 Å². The lowest BCUT2D eigenvalue weighted by atomic mass is 10.1. The number of hydrogen-bond acceptors (Lipinski definition) is 3. The molecule has 2 aromatic rings. The number of carbonyl (C=O) groups is 1. The zero-order valence-electron chi connectivity index (χ0n) is 12.7. The highest BCUT2D eigenvalue weighted by atomic mass is 35.5. The molecule has 118 valence electrons. The standard InChI is InChI=1S/C15H18ClFN4O/c1-9(2)21-8-19-20-12(21)6-7-18-15(22)13-11(17)5-4-10(3)14(13)16/h4-5,8-9H,6-7H2,1-3H3,(H,18,22). The summed E-state index contributed by atoms with van der Waals surface area (Å²) in [4.78, 5) is 12.1. The van der Waals surface area contributed by atoms with Crippen LogP contribution in [0.4, 0.5) is 4.39 Å². The van der Waals surface area contributed by atoms with Gasteiger partial charge < -0.3 is 9.88 Å². The first-order chi connectivity index (χ1) is 10.4. The summed E-state index contributed by atoms with van der Waals surface area (Å²) in [5.41, 5.74) is 0.541. The van der Waals surface area contributed by atoms with Crippen LogP contribution in [-0.4, -0.2) is 27.2 Å². The molecule has 0 aliphatic carbocycles. The maximum atomic E-state index is 13.8. The molecule has 0 aliphatic rings. The molecule has 2 rings (SSSR count). The summed E-state index contributed by atoms with van der Waals surface area (Å²) in [6.07, 6.45) is 2.16. The molecule has 0 saturated heterocycles. The van der Waals surface area contributed by atoms with E-state index >= 15 is 0 Å². The van der Waals surface area contributed by atoms with Gasteiger partial charge in [0.15, 0.2) is 0 Å². The average Bonchev–Trinajstić information content (AvgIpc) is 2.92. The maximum absolute atomic E-state index is 13.8. The van der Waals surface area contributed by atoms with Crippen molar-refractivity contribution in [2.24, 2.45) is 0 Å². The largest absolute Gasteiger partial charge is 0.351 e. The Bertz CT molecular complexity index is 684.